The summed E-state index contributed by atoms with van der Waals surface area (Å²) < 4.78 is 0. The molecule has 1 aliphatic rings. The topological polar surface area (TPSA) is 32.5 Å². The van der Waals surface area contributed by atoms with E-state index < -0.39 is 0 Å². The maximum atomic E-state index is 5.72. The molecule has 1 fully saturated rings. The minimum atomic E-state index is 0.392. The molecule has 0 saturated carbocycles. The van der Waals surface area contributed by atoms with Gasteiger partial charge in [-0.1, -0.05) is 20.8 Å². The smallest absolute Gasteiger partial charge is 0.0368 e. The van der Waals surface area contributed by atoms with Crippen molar-refractivity contribution in [2.75, 3.05) is 43.4 Å². The first-order chi connectivity index (χ1) is 8.44. The minimum absolute atomic E-state index is 0.392. The molecule has 3 nitrogen and oxygen atoms in total. The van der Waals surface area contributed by atoms with Crippen LogP contribution in [0.1, 0.15) is 20.8 Å². The molecule has 3 heteroatoms. The van der Waals surface area contributed by atoms with Crippen LogP contribution in [-0.4, -0.2) is 37.6 Å². The Morgan fingerprint density at radius 1 is 1.00 bits per heavy atom. The van der Waals surface area contributed by atoms with E-state index in [0.717, 1.165) is 31.9 Å². The van der Waals surface area contributed by atoms with Gasteiger partial charge in [-0.05, 0) is 29.7 Å². The summed E-state index contributed by atoms with van der Waals surface area (Å²) in [4.78, 5) is 5.01. The first kappa shape index (κ1) is 13.2. The average molecular weight is 247 g/mol. The summed E-state index contributed by atoms with van der Waals surface area (Å²) in [7, 11) is 0. The molecule has 0 unspecified atom stereocenters. The number of hydrogen-bond acceptors (Lipinski definition) is 3. The molecule has 18 heavy (non-hydrogen) atoms. The van der Waals surface area contributed by atoms with Gasteiger partial charge in [0.15, 0.2) is 0 Å². The Bertz CT molecular complexity index is 370. The fourth-order valence-electron chi connectivity index (χ4n) is 2.52. The van der Waals surface area contributed by atoms with Crippen molar-refractivity contribution in [2.24, 2.45) is 5.41 Å². The van der Waals surface area contributed by atoms with E-state index in [1.54, 1.807) is 0 Å². The molecule has 2 N–H and O–H groups in total. The lowest BCUT2D eigenvalue weighted by Gasteiger charge is -2.38. The number of rotatable bonds is 2. The number of nitrogens with two attached hydrogens (primary N) is 1. The molecule has 0 amide bonds. The summed E-state index contributed by atoms with van der Waals surface area (Å²) >= 11 is 0. The molecule has 0 aliphatic carbocycles. The van der Waals surface area contributed by atoms with Crippen molar-refractivity contribution in [3.8, 4) is 0 Å². The fraction of sp³-hybridized carbons (Fsp3) is 0.600. The quantitative estimate of drug-likeness (QED) is 0.815. The van der Waals surface area contributed by atoms with E-state index in [2.05, 4.69) is 42.7 Å². The zero-order valence-corrected chi connectivity index (χ0v) is 11.8. The Morgan fingerprint density at radius 3 is 2.06 bits per heavy atom. The molecule has 0 aromatic heterocycles. The van der Waals surface area contributed by atoms with Gasteiger partial charge in [-0.2, -0.15) is 0 Å². The molecule has 0 atom stereocenters. The second-order valence-electron chi connectivity index (χ2n) is 6.42. The SMILES string of the molecule is CC(C)(C)CN1CCN(c2ccc(N)cc2)CC1. The second-order valence-corrected chi connectivity index (χ2v) is 6.42. The van der Waals surface area contributed by atoms with Crippen LogP contribution < -0.4 is 10.6 Å². The summed E-state index contributed by atoms with van der Waals surface area (Å²) in [6.07, 6.45) is 0. The number of nitrogen functional groups attached to an aromatic ring is 1. The largest absolute Gasteiger partial charge is 0.399 e. The number of piperazine rings is 1. The van der Waals surface area contributed by atoms with Crippen molar-refractivity contribution in [2.45, 2.75) is 20.8 Å². The van der Waals surface area contributed by atoms with Crippen LogP contribution in [0.5, 0.6) is 0 Å². The van der Waals surface area contributed by atoms with Crippen molar-refractivity contribution in [1.82, 2.24) is 4.90 Å². The standard InChI is InChI=1S/C15H25N3/c1-15(2,3)12-17-8-10-18(11-9-17)14-6-4-13(16)5-7-14/h4-7H,8-12,16H2,1-3H3. The van der Waals surface area contributed by atoms with Gasteiger partial charge in [-0.25, -0.2) is 0 Å². The predicted molar refractivity (Wildman–Crippen MR) is 79.0 cm³/mol. The Labute approximate surface area is 111 Å². The molecule has 0 radical (unpaired) electrons. The molecule has 1 aromatic carbocycles. The lowest BCUT2D eigenvalue weighted by atomic mass is 9.96. The van der Waals surface area contributed by atoms with Gasteiger partial charge in [0.2, 0.25) is 0 Å². The Morgan fingerprint density at radius 2 is 1.56 bits per heavy atom. The van der Waals surface area contributed by atoms with E-state index in [-0.39, 0.29) is 0 Å². The van der Waals surface area contributed by atoms with Gasteiger partial charge in [0.1, 0.15) is 0 Å². The summed E-state index contributed by atoms with van der Waals surface area (Å²) in [5.74, 6) is 0. The number of hydrogen-bond donors (Lipinski definition) is 1. The van der Waals surface area contributed by atoms with Crippen molar-refractivity contribution < 1.29 is 0 Å². The first-order valence-electron chi connectivity index (χ1n) is 6.77. The van der Waals surface area contributed by atoms with Gasteiger partial charge in [0, 0.05) is 44.1 Å². The van der Waals surface area contributed by atoms with Crippen LogP contribution >= 0.6 is 0 Å². The van der Waals surface area contributed by atoms with Crippen molar-refractivity contribution in [3.05, 3.63) is 24.3 Å². The van der Waals surface area contributed by atoms with Gasteiger partial charge in [0.05, 0.1) is 0 Å². The van der Waals surface area contributed by atoms with Crippen molar-refractivity contribution in [1.29, 1.82) is 0 Å². The lowest BCUT2D eigenvalue weighted by molar-refractivity contribution is 0.182. The van der Waals surface area contributed by atoms with Crippen LogP contribution in [0.2, 0.25) is 0 Å². The highest BCUT2D eigenvalue weighted by Gasteiger charge is 2.21. The molecular weight excluding hydrogens is 222 g/mol. The molecule has 1 saturated heterocycles. The molecule has 100 valence electrons. The van der Waals surface area contributed by atoms with Gasteiger partial charge in [0.25, 0.3) is 0 Å². The van der Waals surface area contributed by atoms with Crippen molar-refractivity contribution in [3.63, 3.8) is 0 Å². The Hall–Kier alpha value is -1.22. The van der Waals surface area contributed by atoms with E-state index in [0.29, 0.717) is 5.41 Å². The predicted octanol–water partition coefficient (Wildman–Crippen LogP) is 2.44. The minimum Gasteiger partial charge on any atom is -0.399 e. The molecule has 1 aliphatic heterocycles. The summed E-state index contributed by atoms with van der Waals surface area (Å²) in [6, 6.07) is 8.21. The maximum absolute atomic E-state index is 5.72. The van der Waals surface area contributed by atoms with Crippen LogP contribution in [0.25, 0.3) is 0 Å². The maximum Gasteiger partial charge on any atom is 0.0368 e. The van der Waals surface area contributed by atoms with Crippen molar-refractivity contribution >= 4 is 11.4 Å². The van der Waals surface area contributed by atoms with Crippen LogP contribution in [-0.2, 0) is 0 Å². The summed E-state index contributed by atoms with van der Waals surface area (Å²) in [5.41, 5.74) is 8.24. The zero-order chi connectivity index (χ0) is 13.2. The third-order valence-corrected chi connectivity index (χ3v) is 3.33. The summed E-state index contributed by atoms with van der Waals surface area (Å²) in [6.45, 7) is 12.6. The van der Waals surface area contributed by atoms with E-state index in [1.807, 2.05) is 12.1 Å². The number of anilines is 2. The monoisotopic (exact) mass is 247 g/mol. The second kappa shape index (κ2) is 5.19. The average Bonchev–Trinajstić information content (AvgIpc) is 2.29. The Balaban J connectivity index is 1.88. The van der Waals surface area contributed by atoms with Gasteiger partial charge < -0.3 is 10.6 Å². The fourth-order valence-corrected chi connectivity index (χ4v) is 2.52. The zero-order valence-electron chi connectivity index (χ0n) is 11.8. The van der Waals surface area contributed by atoms with E-state index in [4.69, 9.17) is 5.73 Å². The normalized spacial score (nSPS) is 18.1. The van der Waals surface area contributed by atoms with E-state index >= 15 is 0 Å². The van der Waals surface area contributed by atoms with Crippen LogP contribution in [0.4, 0.5) is 11.4 Å². The van der Waals surface area contributed by atoms with Gasteiger partial charge in [-0.15, -0.1) is 0 Å². The molecule has 1 heterocycles. The number of benzene rings is 1. The molecule has 0 spiro atoms. The van der Waals surface area contributed by atoms with Gasteiger partial charge in [-0.3, -0.25) is 4.90 Å². The van der Waals surface area contributed by atoms with Crippen LogP contribution in [0.15, 0.2) is 24.3 Å². The highest BCUT2D eigenvalue weighted by molar-refractivity contribution is 5.53. The lowest BCUT2D eigenvalue weighted by Crippen LogP contribution is -2.48. The highest BCUT2D eigenvalue weighted by Crippen LogP contribution is 2.20. The third kappa shape index (κ3) is 3.64. The summed E-state index contributed by atoms with van der Waals surface area (Å²) in [5, 5.41) is 0. The van der Waals surface area contributed by atoms with Crippen LogP contribution in [0, 0.1) is 5.41 Å². The molecular formula is C15H25N3. The van der Waals surface area contributed by atoms with E-state index in [1.165, 1.54) is 12.2 Å². The number of nitrogens with zero attached hydrogens (tertiary/aromatic N) is 2. The Kier molecular flexibility index (Phi) is 3.81. The van der Waals surface area contributed by atoms with Crippen LogP contribution in [0.3, 0.4) is 0 Å². The molecule has 1 aromatic rings. The molecule has 0 bridgehead atoms. The molecule has 2 rings (SSSR count). The third-order valence-electron chi connectivity index (χ3n) is 3.33. The van der Waals surface area contributed by atoms with E-state index in [9.17, 15) is 0 Å². The highest BCUT2D eigenvalue weighted by atomic mass is 15.3. The van der Waals surface area contributed by atoms with Gasteiger partial charge >= 0.3 is 0 Å². The first-order valence-corrected chi connectivity index (χ1v) is 6.77.